The standard InChI is InChI=1S/C75H96N4O7/c1-6-11-16-51-23-25-58(26-24-51)71(81)84-62-41-33-57(34-42-62)70-66(10-5)68(77-79(70)60-21-15-22-60)55-31-39-64(40-32-55)86-73(83)75(49-45-53(46-50-75)18-13-8-3)74(47-43-52(44-48-74)17-12-7-2)72(82)85-63-37-29-54(30-38-63)67-65(9-4)69(56-27-35-61(80)36-28-56)78(76-67)59-19-14-20-59/h27-42,51-53,58-60,80H,6-26,43-50H2,1-5H3. The average Bonchev–Trinajstić information content (AvgIpc) is 1.03. The van der Waals surface area contributed by atoms with E-state index in [1.165, 1.54) is 32.1 Å². The van der Waals surface area contributed by atoms with Gasteiger partial charge in [0.25, 0.3) is 0 Å². The fourth-order valence-electron chi connectivity index (χ4n) is 15.6. The van der Waals surface area contributed by atoms with Gasteiger partial charge in [-0.2, -0.15) is 10.2 Å². The highest BCUT2D eigenvalue weighted by Crippen LogP contribution is 2.60. The first kappa shape index (κ1) is 61.2. The van der Waals surface area contributed by atoms with Gasteiger partial charge in [-0.1, -0.05) is 92.4 Å². The molecule has 0 amide bonds. The highest BCUT2D eigenvalue weighted by Gasteiger charge is 2.64. The zero-order chi connectivity index (χ0) is 59.8. The topological polar surface area (TPSA) is 135 Å². The van der Waals surface area contributed by atoms with E-state index >= 15 is 9.59 Å². The smallest absolute Gasteiger partial charge is 0.318 e. The van der Waals surface area contributed by atoms with Crippen LogP contribution in [0.5, 0.6) is 23.0 Å². The second-order valence-electron chi connectivity index (χ2n) is 26.6. The molecule has 0 saturated heterocycles. The van der Waals surface area contributed by atoms with Gasteiger partial charge in [-0.05, 0) is 243 Å². The number of aromatic nitrogens is 4. The third-order valence-corrected chi connectivity index (χ3v) is 21.4. The van der Waals surface area contributed by atoms with Crippen LogP contribution in [0.15, 0.2) is 97.1 Å². The molecule has 0 atom stereocenters. The number of esters is 3. The minimum Gasteiger partial charge on any atom is -0.508 e. The maximum atomic E-state index is 15.7. The number of hydrogen-bond acceptors (Lipinski definition) is 9. The number of nitrogens with zero attached hydrogens (tertiary/aromatic N) is 4. The number of carbonyl (C=O) groups excluding carboxylic acids is 3. The van der Waals surface area contributed by atoms with E-state index < -0.39 is 10.8 Å². The number of unbranched alkanes of at least 4 members (excludes halogenated alkanes) is 3. The van der Waals surface area contributed by atoms with Gasteiger partial charge in [-0.25, -0.2) is 0 Å². The molecule has 11 rings (SSSR count). The first-order chi connectivity index (χ1) is 42.0. The molecule has 458 valence electrons. The van der Waals surface area contributed by atoms with Crippen molar-refractivity contribution in [2.24, 2.45) is 34.5 Å². The minimum absolute atomic E-state index is 0.0341. The third-order valence-electron chi connectivity index (χ3n) is 21.4. The molecule has 2 aromatic heterocycles. The average molecular weight is 1170 g/mol. The van der Waals surface area contributed by atoms with Crippen LogP contribution in [0, 0.1) is 34.5 Å². The van der Waals surface area contributed by atoms with Crippen LogP contribution in [0.1, 0.15) is 231 Å². The molecule has 5 aliphatic rings. The van der Waals surface area contributed by atoms with Crippen molar-refractivity contribution in [3.05, 3.63) is 108 Å². The Kier molecular flexibility index (Phi) is 19.7. The maximum absolute atomic E-state index is 15.7. The van der Waals surface area contributed by atoms with E-state index in [2.05, 4.69) is 56.1 Å². The Hall–Kier alpha value is -6.49. The Morgan fingerprint density at radius 1 is 0.453 bits per heavy atom. The molecule has 2 heterocycles. The molecule has 5 fully saturated rings. The van der Waals surface area contributed by atoms with E-state index in [-0.39, 0.29) is 29.6 Å². The third kappa shape index (κ3) is 12.8. The summed E-state index contributed by atoms with van der Waals surface area (Å²) in [6.07, 6.45) is 28.6. The Labute approximate surface area is 512 Å². The SMILES string of the molecule is CCCCC1CCC(C(=O)Oc2ccc(-c3c(CC)c(-c4ccc(OC(=O)C5(C6(C(=O)Oc7ccc(-c8nn(C9CCC9)c(-c9ccc(O)cc9)c8CC)cc7)CCC(CCCC)CC6)CCC(CCCC)CC5)cc4)nn3C3CCC3)cc2)CC1. The summed E-state index contributed by atoms with van der Waals surface area (Å²) in [5, 5.41) is 20.8. The van der Waals surface area contributed by atoms with E-state index in [1.807, 2.05) is 72.8 Å². The van der Waals surface area contributed by atoms with Crippen molar-refractivity contribution in [1.82, 2.24) is 19.6 Å². The highest BCUT2D eigenvalue weighted by atomic mass is 16.5. The van der Waals surface area contributed by atoms with Crippen molar-refractivity contribution in [2.45, 2.75) is 233 Å². The number of hydrogen-bond donors (Lipinski definition) is 1. The summed E-state index contributed by atoms with van der Waals surface area (Å²) >= 11 is 0. The molecule has 86 heavy (non-hydrogen) atoms. The molecule has 0 bridgehead atoms. The molecule has 0 unspecified atom stereocenters. The van der Waals surface area contributed by atoms with Crippen LogP contribution >= 0.6 is 0 Å². The Bertz CT molecular complexity index is 3210. The quantitative estimate of drug-likeness (QED) is 0.0464. The first-order valence-corrected chi connectivity index (χ1v) is 34.0. The van der Waals surface area contributed by atoms with Gasteiger partial charge in [-0.15, -0.1) is 0 Å². The number of phenolic OH excluding ortho intramolecular Hbond substituents is 1. The van der Waals surface area contributed by atoms with Crippen LogP contribution in [0.4, 0.5) is 0 Å². The molecular formula is C75H96N4O7. The number of phenols is 1. The summed E-state index contributed by atoms with van der Waals surface area (Å²) in [5.41, 5.74) is 8.19. The molecule has 0 radical (unpaired) electrons. The molecule has 5 saturated carbocycles. The van der Waals surface area contributed by atoms with Crippen LogP contribution in [-0.4, -0.2) is 42.6 Å². The largest absolute Gasteiger partial charge is 0.508 e. The zero-order valence-corrected chi connectivity index (χ0v) is 52.4. The molecule has 5 aliphatic carbocycles. The summed E-state index contributed by atoms with van der Waals surface area (Å²) in [6.45, 7) is 11.1. The number of benzene rings is 4. The van der Waals surface area contributed by atoms with Gasteiger partial charge in [0.15, 0.2) is 0 Å². The number of ether oxygens (including phenoxy) is 3. The summed E-state index contributed by atoms with van der Waals surface area (Å²) < 4.78 is 23.8. The van der Waals surface area contributed by atoms with E-state index in [0.29, 0.717) is 66.9 Å². The van der Waals surface area contributed by atoms with Crippen LogP contribution in [0.25, 0.3) is 45.0 Å². The molecular weight excluding hydrogens is 1070 g/mol. The number of aromatic hydroxyl groups is 1. The summed E-state index contributed by atoms with van der Waals surface area (Å²) in [5.74, 6) is 2.71. The van der Waals surface area contributed by atoms with Crippen molar-refractivity contribution in [3.8, 4) is 68.0 Å². The fourth-order valence-corrected chi connectivity index (χ4v) is 15.6. The minimum atomic E-state index is -1.07. The van der Waals surface area contributed by atoms with Gasteiger partial charge >= 0.3 is 17.9 Å². The predicted octanol–water partition coefficient (Wildman–Crippen LogP) is 19.2. The van der Waals surface area contributed by atoms with Crippen LogP contribution < -0.4 is 14.2 Å². The van der Waals surface area contributed by atoms with Gasteiger partial charge in [0.05, 0.1) is 51.6 Å². The summed E-state index contributed by atoms with van der Waals surface area (Å²) in [6, 6.07) is 31.9. The lowest BCUT2D eigenvalue weighted by Gasteiger charge is -2.52. The Morgan fingerprint density at radius 3 is 1.15 bits per heavy atom. The molecule has 0 aliphatic heterocycles. The molecule has 11 heteroatoms. The molecule has 6 aromatic rings. The summed E-state index contributed by atoms with van der Waals surface area (Å²) in [4.78, 5) is 44.7. The van der Waals surface area contributed by atoms with Crippen molar-refractivity contribution in [1.29, 1.82) is 0 Å². The van der Waals surface area contributed by atoms with Crippen molar-refractivity contribution in [3.63, 3.8) is 0 Å². The van der Waals surface area contributed by atoms with Crippen LogP contribution in [-0.2, 0) is 27.2 Å². The second kappa shape index (κ2) is 27.7. The van der Waals surface area contributed by atoms with Gasteiger partial charge < -0.3 is 19.3 Å². The molecule has 4 aromatic carbocycles. The predicted molar refractivity (Wildman–Crippen MR) is 342 cm³/mol. The molecule has 1 N–H and O–H groups in total. The zero-order valence-electron chi connectivity index (χ0n) is 52.4. The molecule has 11 nitrogen and oxygen atoms in total. The normalized spacial score (nSPS) is 23.5. The van der Waals surface area contributed by atoms with Crippen molar-refractivity contribution in [2.75, 3.05) is 0 Å². The Balaban J connectivity index is 0.852. The van der Waals surface area contributed by atoms with E-state index in [1.54, 1.807) is 12.1 Å². The lowest BCUT2D eigenvalue weighted by molar-refractivity contribution is -0.180. The monoisotopic (exact) mass is 1160 g/mol. The lowest BCUT2D eigenvalue weighted by atomic mass is 9.50. The van der Waals surface area contributed by atoms with E-state index in [4.69, 9.17) is 24.4 Å². The summed E-state index contributed by atoms with van der Waals surface area (Å²) in [7, 11) is 0. The van der Waals surface area contributed by atoms with Crippen LogP contribution in [0.2, 0.25) is 0 Å². The van der Waals surface area contributed by atoms with E-state index in [9.17, 15) is 9.90 Å². The van der Waals surface area contributed by atoms with E-state index in [0.717, 1.165) is 190 Å². The fraction of sp³-hybridized carbons (Fsp3) is 0.560. The maximum Gasteiger partial charge on any atom is 0.318 e. The Morgan fingerprint density at radius 2 is 0.802 bits per heavy atom. The van der Waals surface area contributed by atoms with Crippen molar-refractivity contribution < 1.29 is 33.7 Å². The van der Waals surface area contributed by atoms with Gasteiger partial charge in [-0.3, -0.25) is 23.7 Å². The van der Waals surface area contributed by atoms with Gasteiger partial charge in [0, 0.05) is 33.4 Å². The van der Waals surface area contributed by atoms with Crippen molar-refractivity contribution >= 4 is 17.9 Å². The highest BCUT2D eigenvalue weighted by molar-refractivity contribution is 5.91. The lowest BCUT2D eigenvalue weighted by Crippen LogP contribution is -2.58. The number of carbonyl (C=O) groups is 3. The van der Waals surface area contributed by atoms with Gasteiger partial charge in [0.2, 0.25) is 0 Å². The molecule has 0 spiro atoms. The second-order valence-corrected chi connectivity index (χ2v) is 26.6. The number of rotatable bonds is 24. The van der Waals surface area contributed by atoms with Gasteiger partial charge in [0.1, 0.15) is 23.0 Å². The van der Waals surface area contributed by atoms with Crippen LogP contribution in [0.3, 0.4) is 0 Å². The first-order valence-electron chi connectivity index (χ1n) is 34.0.